The molecule has 1 spiro atoms. The van der Waals surface area contributed by atoms with Gasteiger partial charge in [-0.2, -0.15) is 0 Å². The molecule has 1 amide bonds. The van der Waals surface area contributed by atoms with Crippen molar-refractivity contribution < 1.29 is 28.6 Å². The number of anilines is 1. The van der Waals surface area contributed by atoms with Gasteiger partial charge in [-0.1, -0.05) is 18.2 Å². The van der Waals surface area contributed by atoms with Crippen molar-refractivity contribution in [1.29, 1.82) is 0 Å². The first-order chi connectivity index (χ1) is 16.1. The summed E-state index contributed by atoms with van der Waals surface area (Å²) in [5.74, 6) is -0.835. The Morgan fingerprint density at radius 3 is 2.44 bits per heavy atom. The van der Waals surface area contributed by atoms with Crippen LogP contribution in [0.3, 0.4) is 0 Å². The molecule has 1 aromatic carbocycles. The van der Waals surface area contributed by atoms with Crippen LogP contribution in [0, 0.1) is 5.41 Å². The van der Waals surface area contributed by atoms with Crippen LogP contribution in [0.1, 0.15) is 52.0 Å². The Hall–Kier alpha value is -2.87. The van der Waals surface area contributed by atoms with Gasteiger partial charge in [-0.15, -0.1) is 0 Å². The highest BCUT2D eigenvalue weighted by Crippen LogP contribution is 2.66. The maximum atomic E-state index is 13.6. The standard InChI is InChI=1S/C26H32N2O6/c1-24(2,3)34-23(31)28-18-10-7-6-9-17(18)26-12-14-27-13-8-11-25(21(26)27,22(30)33-5)15-16(19(26)28)20(29)32-4/h6-7,9-10,21H,8,11-15H2,1-5H3/t21-,25+,26-/m0/s1. The second kappa shape index (κ2) is 7.57. The van der Waals surface area contributed by atoms with Crippen molar-refractivity contribution >= 4 is 23.7 Å². The zero-order chi connectivity index (χ0) is 24.5. The Labute approximate surface area is 199 Å². The average Bonchev–Trinajstić information content (AvgIpc) is 3.34. The smallest absolute Gasteiger partial charge is 0.419 e. The zero-order valence-electron chi connectivity index (χ0n) is 20.5. The third-order valence-corrected chi connectivity index (χ3v) is 7.87. The van der Waals surface area contributed by atoms with Crippen LogP contribution in [0.15, 0.2) is 35.5 Å². The second-order valence-electron chi connectivity index (χ2n) is 10.7. The van der Waals surface area contributed by atoms with Gasteiger partial charge in [-0.05, 0) is 71.2 Å². The molecule has 0 N–H and O–H groups in total. The fourth-order valence-corrected chi connectivity index (χ4v) is 6.98. The van der Waals surface area contributed by atoms with E-state index in [2.05, 4.69) is 4.90 Å². The highest BCUT2D eigenvalue weighted by molar-refractivity contribution is 6.03. The van der Waals surface area contributed by atoms with Gasteiger partial charge in [-0.25, -0.2) is 14.5 Å². The molecule has 4 aliphatic rings. The summed E-state index contributed by atoms with van der Waals surface area (Å²) < 4.78 is 16.4. The molecule has 5 rings (SSSR count). The van der Waals surface area contributed by atoms with Crippen LogP contribution in [-0.2, 0) is 29.2 Å². The van der Waals surface area contributed by atoms with Gasteiger partial charge in [0.2, 0.25) is 0 Å². The second-order valence-corrected chi connectivity index (χ2v) is 10.7. The van der Waals surface area contributed by atoms with Crippen molar-refractivity contribution in [2.45, 2.75) is 63.5 Å². The number of carbonyl (C=O) groups excluding carboxylic acids is 3. The molecule has 3 aliphatic heterocycles. The number of benzene rings is 1. The van der Waals surface area contributed by atoms with Crippen molar-refractivity contribution in [3.63, 3.8) is 0 Å². The topological polar surface area (TPSA) is 85.4 Å². The minimum absolute atomic E-state index is 0.165. The summed E-state index contributed by atoms with van der Waals surface area (Å²) >= 11 is 0. The number of piperidine rings is 1. The number of esters is 2. The average molecular weight is 469 g/mol. The molecule has 8 heteroatoms. The molecular formula is C26H32N2O6. The van der Waals surface area contributed by atoms with Crippen LogP contribution in [-0.4, -0.2) is 61.9 Å². The number of nitrogens with zero attached hydrogens (tertiary/aromatic N) is 2. The maximum absolute atomic E-state index is 13.6. The lowest BCUT2D eigenvalue weighted by Gasteiger charge is -2.54. The predicted octanol–water partition coefficient (Wildman–Crippen LogP) is 3.54. The minimum atomic E-state index is -0.895. The summed E-state index contributed by atoms with van der Waals surface area (Å²) in [6.45, 7) is 7.08. The molecular weight excluding hydrogens is 436 g/mol. The summed E-state index contributed by atoms with van der Waals surface area (Å²) in [6, 6.07) is 7.50. The number of carbonyl (C=O) groups is 3. The van der Waals surface area contributed by atoms with E-state index < -0.39 is 28.5 Å². The monoisotopic (exact) mass is 468 g/mol. The van der Waals surface area contributed by atoms with Crippen molar-refractivity contribution in [3.8, 4) is 0 Å². The zero-order valence-corrected chi connectivity index (χ0v) is 20.5. The minimum Gasteiger partial charge on any atom is -0.469 e. The van der Waals surface area contributed by atoms with Gasteiger partial charge < -0.3 is 14.2 Å². The number of ether oxygens (including phenoxy) is 3. The largest absolute Gasteiger partial charge is 0.469 e. The van der Waals surface area contributed by atoms with Crippen molar-refractivity contribution in [2.75, 3.05) is 32.2 Å². The first kappa shape index (κ1) is 22.9. The van der Waals surface area contributed by atoms with Gasteiger partial charge >= 0.3 is 18.0 Å². The molecule has 0 radical (unpaired) electrons. The Balaban J connectivity index is 1.83. The van der Waals surface area contributed by atoms with Crippen LogP contribution in [0.5, 0.6) is 0 Å². The lowest BCUT2D eigenvalue weighted by Crippen LogP contribution is -2.63. The number of fused-ring (bicyclic) bond motifs is 1. The molecule has 3 atom stereocenters. The SMILES string of the molecule is COC(=O)C1=C2N(C(=O)OC(C)(C)C)c3ccccc3[C@@]23CCN2CCC[C@@](C(=O)OC)(C1)[C@H]23. The molecule has 1 aliphatic carbocycles. The van der Waals surface area contributed by atoms with E-state index in [1.807, 2.05) is 45.0 Å². The fraction of sp³-hybridized carbons (Fsp3) is 0.577. The van der Waals surface area contributed by atoms with Gasteiger partial charge in [-0.3, -0.25) is 9.69 Å². The van der Waals surface area contributed by atoms with E-state index in [0.717, 1.165) is 25.1 Å². The molecule has 0 bridgehead atoms. The van der Waals surface area contributed by atoms with E-state index in [-0.39, 0.29) is 18.4 Å². The summed E-state index contributed by atoms with van der Waals surface area (Å²) in [5.41, 5.74) is 0.266. The highest BCUT2D eigenvalue weighted by atomic mass is 16.6. The number of hydrogen-bond acceptors (Lipinski definition) is 7. The summed E-state index contributed by atoms with van der Waals surface area (Å²) in [4.78, 5) is 44.3. The molecule has 34 heavy (non-hydrogen) atoms. The Kier molecular flexibility index (Phi) is 5.10. The quantitative estimate of drug-likeness (QED) is 0.485. The van der Waals surface area contributed by atoms with E-state index in [1.165, 1.54) is 14.2 Å². The first-order valence-electron chi connectivity index (χ1n) is 11.9. The van der Waals surface area contributed by atoms with Crippen LogP contribution in [0.4, 0.5) is 10.5 Å². The molecule has 8 nitrogen and oxygen atoms in total. The number of methoxy groups -OCH3 is 2. The fourth-order valence-electron chi connectivity index (χ4n) is 6.98. The lowest BCUT2D eigenvalue weighted by atomic mass is 9.54. The number of para-hydroxylation sites is 1. The Morgan fingerprint density at radius 2 is 1.76 bits per heavy atom. The van der Waals surface area contributed by atoms with Crippen molar-refractivity contribution in [3.05, 3.63) is 41.1 Å². The summed E-state index contributed by atoms with van der Waals surface area (Å²) in [7, 11) is 2.74. The highest BCUT2D eigenvalue weighted by Gasteiger charge is 2.71. The van der Waals surface area contributed by atoms with E-state index in [4.69, 9.17) is 14.2 Å². The molecule has 0 aromatic heterocycles. The van der Waals surface area contributed by atoms with E-state index in [1.54, 1.807) is 4.90 Å². The van der Waals surface area contributed by atoms with Gasteiger partial charge in [0.1, 0.15) is 5.60 Å². The van der Waals surface area contributed by atoms with Crippen LogP contribution >= 0.6 is 0 Å². The normalized spacial score (nSPS) is 29.8. The van der Waals surface area contributed by atoms with E-state index in [9.17, 15) is 14.4 Å². The van der Waals surface area contributed by atoms with Crippen LogP contribution in [0.2, 0.25) is 0 Å². The van der Waals surface area contributed by atoms with Crippen molar-refractivity contribution in [2.24, 2.45) is 5.41 Å². The third kappa shape index (κ3) is 2.90. The third-order valence-electron chi connectivity index (χ3n) is 7.87. The van der Waals surface area contributed by atoms with Crippen LogP contribution < -0.4 is 4.90 Å². The molecule has 0 unspecified atom stereocenters. The number of hydrogen-bond donors (Lipinski definition) is 0. The Bertz CT molecular complexity index is 1100. The molecule has 1 aromatic rings. The molecule has 182 valence electrons. The first-order valence-corrected chi connectivity index (χ1v) is 11.9. The van der Waals surface area contributed by atoms with E-state index in [0.29, 0.717) is 29.8 Å². The van der Waals surface area contributed by atoms with Gasteiger partial charge in [0, 0.05) is 6.04 Å². The lowest BCUT2D eigenvalue weighted by molar-refractivity contribution is -0.163. The molecule has 0 saturated carbocycles. The van der Waals surface area contributed by atoms with Crippen molar-refractivity contribution in [1.82, 2.24) is 4.90 Å². The Morgan fingerprint density at radius 1 is 1.03 bits per heavy atom. The summed E-state index contributed by atoms with van der Waals surface area (Å²) in [6.07, 6.45) is 1.77. The van der Waals surface area contributed by atoms with Crippen LogP contribution in [0.25, 0.3) is 0 Å². The molecule has 2 fully saturated rings. The van der Waals surface area contributed by atoms with E-state index >= 15 is 0 Å². The number of rotatable bonds is 2. The molecule has 2 saturated heterocycles. The maximum Gasteiger partial charge on any atom is 0.419 e. The van der Waals surface area contributed by atoms with Gasteiger partial charge in [0.05, 0.1) is 42.0 Å². The summed E-state index contributed by atoms with van der Waals surface area (Å²) in [5, 5.41) is 0. The predicted molar refractivity (Wildman–Crippen MR) is 124 cm³/mol. The van der Waals surface area contributed by atoms with Gasteiger partial charge in [0.25, 0.3) is 0 Å². The number of amides is 1. The van der Waals surface area contributed by atoms with Gasteiger partial charge in [0.15, 0.2) is 0 Å². The molecule has 3 heterocycles.